The molecular formula is C37H36O22. The minimum Gasteiger partial charge on any atom is -0.504 e. The Morgan fingerprint density at radius 2 is 1.44 bits per heavy atom. The Morgan fingerprint density at radius 3 is 2.07 bits per heavy atom. The predicted molar refractivity (Wildman–Crippen MR) is 191 cm³/mol. The van der Waals surface area contributed by atoms with Crippen molar-refractivity contribution < 1.29 is 104 Å². The van der Waals surface area contributed by atoms with E-state index >= 15 is 0 Å². The van der Waals surface area contributed by atoms with Crippen LogP contribution in [0.25, 0.3) is 28.4 Å². The molecule has 0 radical (unpaired) electrons. The lowest BCUT2D eigenvalue weighted by atomic mass is 9.96. The molecule has 0 unspecified atom stereocenters. The number of rotatable bonds is 11. The number of phenolic OH excluding ortho intramolecular Hbond substituents is 6. The number of aliphatic hydroxyl groups is 5. The molecular weight excluding hydrogens is 796 g/mol. The Kier molecular flexibility index (Phi) is 12.1. The number of aliphatic hydroxyl groups excluding tert-OH is 5. The molecule has 0 amide bonds. The highest BCUT2D eigenvalue weighted by Crippen LogP contribution is 2.44. The minimum absolute atomic E-state index is 0.173. The monoisotopic (exact) mass is 832 g/mol. The summed E-state index contributed by atoms with van der Waals surface area (Å²) in [7, 11) is 1.13. The summed E-state index contributed by atoms with van der Waals surface area (Å²) < 4.78 is 38.3. The van der Waals surface area contributed by atoms with E-state index in [0.29, 0.717) is 0 Å². The van der Waals surface area contributed by atoms with Crippen LogP contribution in [0.4, 0.5) is 0 Å². The maximum Gasteiger partial charge on any atom is 0.335 e. The summed E-state index contributed by atoms with van der Waals surface area (Å²) in [4.78, 5) is 39.4. The molecule has 12 N–H and O–H groups in total. The van der Waals surface area contributed by atoms with Crippen molar-refractivity contribution in [2.45, 2.75) is 61.4 Å². The van der Waals surface area contributed by atoms with E-state index in [1.165, 1.54) is 6.07 Å². The van der Waals surface area contributed by atoms with Gasteiger partial charge in [-0.1, -0.05) is 6.07 Å². The number of ether oxygens (including phenoxy) is 6. The Bertz CT molecular complexity index is 2320. The lowest BCUT2D eigenvalue weighted by molar-refractivity contribution is -0.348. The number of fused-ring (bicyclic) bond motifs is 1. The van der Waals surface area contributed by atoms with Crippen molar-refractivity contribution >= 4 is 29.0 Å². The molecule has 2 saturated heterocycles. The van der Waals surface area contributed by atoms with E-state index in [1.807, 2.05) is 0 Å². The molecule has 316 valence electrons. The van der Waals surface area contributed by atoms with Crippen LogP contribution in [-0.2, 0) is 28.5 Å². The van der Waals surface area contributed by atoms with E-state index in [4.69, 9.17) is 32.8 Å². The summed E-state index contributed by atoms with van der Waals surface area (Å²) in [5.41, 5.74) is -1.65. The number of hydrogen-bond acceptors (Lipinski definition) is 21. The molecule has 2 fully saturated rings. The van der Waals surface area contributed by atoms with E-state index in [2.05, 4.69) is 0 Å². The summed E-state index contributed by atoms with van der Waals surface area (Å²) >= 11 is 0. The van der Waals surface area contributed by atoms with Crippen molar-refractivity contribution in [3.05, 3.63) is 64.3 Å². The third-order valence-electron chi connectivity index (χ3n) is 9.31. The van der Waals surface area contributed by atoms with Crippen LogP contribution >= 0.6 is 0 Å². The molecule has 3 heterocycles. The van der Waals surface area contributed by atoms with E-state index in [9.17, 15) is 75.7 Å². The Balaban J connectivity index is 1.32. The van der Waals surface area contributed by atoms with Gasteiger partial charge in [0.15, 0.2) is 58.8 Å². The first-order valence-corrected chi connectivity index (χ1v) is 17.2. The fourth-order valence-corrected chi connectivity index (χ4v) is 6.23. The summed E-state index contributed by atoms with van der Waals surface area (Å²) in [5.74, 6) is -9.16. The summed E-state index contributed by atoms with van der Waals surface area (Å²) in [6, 6.07) is 7.62. The van der Waals surface area contributed by atoms with Gasteiger partial charge in [0.05, 0.1) is 13.7 Å². The van der Waals surface area contributed by atoms with Gasteiger partial charge in [-0.25, -0.2) is 9.59 Å². The average Bonchev–Trinajstić information content (AvgIpc) is 3.20. The number of carbonyl (C=O) groups is 2. The molecule has 0 saturated carbocycles. The fourth-order valence-electron chi connectivity index (χ4n) is 6.23. The van der Waals surface area contributed by atoms with E-state index in [1.54, 1.807) is 0 Å². The van der Waals surface area contributed by atoms with Crippen LogP contribution in [0, 0.1) is 0 Å². The van der Waals surface area contributed by atoms with Gasteiger partial charge >= 0.3 is 11.9 Å². The Hall–Kier alpha value is -6.37. The van der Waals surface area contributed by atoms with Gasteiger partial charge in [-0.05, 0) is 42.0 Å². The number of carbonyl (C=O) groups excluding carboxylic acids is 1. The number of methoxy groups -OCH3 is 1. The second kappa shape index (κ2) is 16.8. The smallest absolute Gasteiger partial charge is 0.335 e. The van der Waals surface area contributed by atoms with Gasteiger partial charge in [0.1, 0.15) is 47.6 Å². The number of aromatic hydroxyl groups is 6. The highest BCUT2D eigenvalue weighted by atomic mass is 16.8. The van der Waals surface area contributed by atoms with E-state index in [0.717, 1.165) is 55.7 Å². The number of phenols is 6. The quantitative estimate of drug-likeness (QED) is 0.0493. The zero-order chi connectivity index (χ0) is 43.0. The highest BCUT2D eigenvalue weighted by molar-refractivity contribution is 5.91. The number of hydrogen-bond donors (Lipinski definition) is 12. The zero-order valence-corrected chi connectivity index (χ0v) is 30.1. The van der Waals surface area contributed by atoms with Gasteiger partial charge in [-0.2, -0.15) is 0 Å². The highest BCUT2D eigenvalue weighted by Gasteiger charge is 2.54. The summed E-state index contributed by atoms with van der Waals surface area (Å²) in [6.45, 7) is -0.955. The first-order valence-electron chi connectivity index (χ1n) is 17.2. The molecule has 0 aliphatic carbocycles. The van der Waals surface area contributed by atoms with Crippen molar-refractivity contribution in [2.24, 2.45) is 0 Å². The molecule has 3 aromatic carbocycles. The number of esters is 1. The SMILES string of the molecule is COc1cc2oc(-c3ccc(O)c(O)c3)c(O[C@@H]3O[C@H](C(=O)O)[C@@H](O[C@@H]4O[C@H](CO)[C@@H](O)[C@H](O)[C@H]4OC(=O)C=Cc4ccc(O)c(O)c4)[C@H](O)[C@H]3O)c(=O)c2c(O)c1O. The van der Waals surface area contributed by atoms with Crippen molar-refractivity contribution in [3.63, 3.8) is 0 Å². The zero-order valence-electron chi connectivity index (χ0n) is 30.1. The van der Waals surface area contributed by atoms with Gasteiger partial charge in [-0.15, -0.1) is 0 Å². The second-order valence-corrected chi connectivity index (χ2v) is 13.1. The third-order valence-corrected chi connectivity index (χ3v) is 9.31. The molecule has 22 nitrogen and oxygen atoms in total. The Morgan fingerprint density at radius 1 is 0.780 bits per heavy atom. The van der Waals surface area contributed by atoms with Crippen LogP contribution in [0.3, 0.4) is 0 Å². The lowest BCUT2D eigenvalue weighted by Gasteiger charge is -2.45. The van der Waals surface area contributed by atoms with Crippen LogP contribution in [0.15, 0.2) is 57.8 Å². The maximum atomic E-state index is 13.9. The number of carboxylic acids is 1. The molecule has 6 rings (SSSR count). The normalized spacial score (nSPS) is 27.1. The van der Waals surface area contributed by atoms with Crippen molar-refractivity contribution in [2.75, 3.05) is 13.7 Å². The maximum absolute atomic E-state index is 13.9. The molecule has 59 heavy (non-hydrogen) atoms. The molecule has 4 aromatic rings. The first kappa shape index (κ1) is 42.2. The number of aliphatic carboxylic acids is 1. The van der Waals surface area contributed by atoms with Crippen molar-refractivity contribution in [1.82, 2.24) is 0 Å². The topological polar surface area (TPSA) is 362 Å². The van der Waals surface area contributed by atoms with Gasteiger partial charge in [-0.3, -0.25) is 4.79 Å². The van der Waals surface area contributed by atoms with Crippen LogP contribution in [0.5, 0.6) is 46.0 Å². The average molecular weight is 833 g/mol. The van der Waals surface area contributed by atoms with Gasteiger partial charge in [0, 0.05) is 17.7 Å². The number of carboxylic acid groups (broad SMARTS) is 1. The summed E-state index contributed by atoms with van der Waals surface area (Å²) in [5, 5.41) is 124. The van der Waals surface area contributed by atoms with Crippen molar-refractivity contribution in [3.8, 4) is 57.3 Å². The predicted octanol–water partition coefficient (Wildman–Crippen LogP) is -0.938. The molecule has 2 aliphatic heterocycles. The minimum atomic E-state index is -2.36. The summed E-state index contributed by atoms with van der Waals surface area (Å²) in [6.07, 6.45) is -19.3. The third kappa shape index (κ3) is 8.19. The van der Waals surface area contributed by atoms with Crippen molar-refractivity contribution in [1.29, 1.82) is 0 Å². The molecule has 1 aromatic heterocycles. The fraction of sp³-hybridized carbons (Fsp3) is 0.324. The van der Waals surface area contributed by atoms with Gasteiger partial charge in [0.25, 0.3) is 0 Å². The van der Waals surface area contributed by atoms with Gasteiger partial charge < -0.3 is 94.1 Å². The first-order chi connectivity index (χ1) is 27.9. The number of benzene rings is 3. The standard InChI is InChI=1S/C37H36O22/c1-53-19-10-18-22(25(46)23(19)44)26(47)31(30(54-18)13-4-6-15(40)17(42)9-13)57-36-29(50)28(49)32(34(59-36)35(51)52)58-37-33(27(48)24(45)20(11-38)55-37)56-21(43)7-3-12-2-5-14(39)16(41)8-12/h2-10,20,24,27-29,32-34,36-42,44-46,48-50H,11H2,1H3,(H,51,52)/t20-,24-,27+,28-,29-,32+,33-,34+,36-,37+/m1/s1. The molecule has 0 spiro atoms. The second-order valence-electron chi connectivity index (χ2n) is 13.1. The molecule has 2 aliphatic rings. The van der Waals surface area contributed by atoms with E-state index in [-0.39, 0.29) is 16.9 Å². The lowest BCUT2D eigenvalue weighted by Crippen LogP contribution is -2.66. The van der Waals surface area contributed by atoms with Crippen LogP contribution < -0.4 is 14.9 Å². The van der Waals surface area contributed by atoms with Gasteiger partial charge in [0.2, 0.25) is 23.2 Å². The van der Waals surface area contributed by atoms with Crippen LogP contribution in [0.1, 0.15) is 5.56 Å². The molecule has 10 atom stereocenters. The van der Waals surface area contributed by atoms with E-state index < -0.39 is 142 Å². The largest absolute Gasteiger partial charge is 0.504 e. The van der Waals surface area contributed by atoms with Crippen LogP contribution in [-0.4, -0.2) is 148 Å². The molecule has 0 bridgehead atoms. The molecule has 22 heteroatoms. The van der Waals surface area contributed by atoms with Crippen LogP contribution in [0.2, 0.25) is 0 Å². The Labute approximate surface area is 329 Å².